The van der Waals surface area contributed by atoms with E-state index in [2.05, 4.69) is 49.4 Å². The molecule has 2 aromatic carbocycles. The van der Waals surface area contributed by atoms with E-state index in [1.807, 2.05) is 13.0 Å². The number of aliphatic hydroxyl groups excluding tert-OH is 1. The first-order valence-electron chi connectivity index (χ1n) is 6.56. The zero-order chi connectivity index (χ0) is 13.0. The molecule has 0 aliphatic heterocycles. The number of rotatable bonds is 4. The van der Waals surface area contributed by atoms with E-state index >= 15 is 0 Å². The average molecular weight is 240 g/mol. The molecule has 0 aliphatic carbocycles. The third-order valence-corrected chi connectivity index (χ3v) is 3.17. The van der Waals surface area contributed by atoms with Crippen LogP contribution in [-0.4, -0.2) is 11.2 Å². The molecule has 1 nitrogen and oxygen atoms in total. The number of aryl methyl sites for hydroxylation is 1. The van der Waals surface area contributed by atoms with Gasteiger partial charge in [-0.1, -0.05) is 55.5 Å². The molecule has 18 heavy (non-hydrogen) atoms. The Morgan fingerprint density at radius 3 is 2.39 bits per heavy atom. The van der Waals surface area contributed by atoms with Crippen molar-refractivity contribution in [1.29, 1.82) is 0 Å². The Morgan fingerprint density at radius 1 is 1.06 bits per heavy atom. The Hall–Kier alpha value is -1.60. The molecular weight excluding hydrogens is 220 g/mol. The minimum Gasteiger partial charge on any atom is -0.393 e. The molecule has 1 heteroatoms. The zero-order valence-corrected chi connectivity index (χ0v) is 11.1. The largest absolute Gasteiger partial charge is 0.393 e. The summed E-state index contributed by atoms with van der Waals surface area (Å²) in [7, 11) is 0. The third kappa shape index (κ3) is 2.99. The topological polar surface area (TPSA) is 20.2 Å². The van der Waals surface area contributed by atoms with E-state index in [0.29, 0.717) is 6.42 Å². The molecule has 0 aliphatic rings. The van der Waals surface area contributed by atoms with Crippen molar-refractivity contribution in [2.24, 2.45) is 0 Å². The normalized spacial score (nSPS) is 12.4. The van der Waals surface area contributed by atoms with Crippen molar-refractivity contribution in [3.05, 3.63) is 59.7 Å². The Bertz CT molecular complexity index is 500. The highest BCUT2D eigenvalue weighted by Gasteiger charge is 2.06. The lowest BCUT2D eigenvalue weighted by molar-refractivity contribution is 0.195. The summed E-state index contributed by atoms with van der Waals surface area (Å²) in [4.78, 5) is 0. The van der Waals surface area contributed by atoms with Gasteiger partial charge in [0, 0.05) is 0 Å². The second-order valence-electron chi connectivity index (χ2n) is 4.76. The summed E-state index contributed by atoms with van der Waals surface area (Å²) >= 11 is 0. The van der Waals surface area contributed by atoms with Crippen molar-refractivity contribution in [1.82, 2.24) is 0 Å². The lowest BCUT2D eigenvalue weighted by atomic mass is 9.94. The quantitative estimate of drug-likeness (QED) is 0.861. The third-order valence-electron chi connectivity index (χ3n) is 3.17. The standard InChI is InChI=1S/C17H20O/c1-3-15-10-9-14(11-13(2)18)12-17(15)16-7-5-4-6-8-16/h4-10,12-13,18H,3,11H2,1-2H3. The molecule has 0 bridgehead atoms. The molecule has 94 valence electrons. The second kappa shape index (κ2) is 5.83. The monoisotopic (exact) mass is 240 g/mol. The SMILES string of the molecule is CCc1ccc(CC(C)O)cc1-c1ccccc1. The van der Waals surface area contributed by atoms with Crippen LogP contribution in [0, 0.1) is 0 Å². The van der Waals surface area contributed by atoms with Gasteiger partial charge in [0.1, 0.15) is 0 Å². The summed E-state index contributed by atoms with van der Waals surface area (Å²) in [5.74, 6) is 0. The number of aliphatic hydroxyl groups is 1. The lowest BCUT2D eigenvalue weighted by Gasteiger charge is -2.12. The van der Waals surface area contributed by atoms with Gasteiger partial charge < -0.3 is 5.11 Å². The molecule has 2 rings (SSSR count). The molecular formula is C17H20O. The van der Waals surface area contributed by atoms with E-state index in [-0.39, 0.29) is 6.10 Å². The molecule has 1 unspecified atom stereocenters. The maximum absolute atomic E-state index is 9.49. The van der Waals surface area contributed by atoms with Crippen LogP contribution < -0.4 is 0 Å². The minimum absolute atomic E-state index is 0.291. The van der Waals surface area contributed by atoms with Crippen molar-refractivity contribution in [3.8, 4) is 11.1 Å². The predicted octanol–water partition coefficient (Wildman–Crippen LogP) is 3.84. The van der Waals surface area contributed by atoms with E-state index in [9.17, 15) is 5.11 Å². The highest BCUT2D eigenvalue weighted by molar-refractivity contribution is 5.68. The van der Waals surface area contributed by atoms with E-state index in [1.165, 1.54) is 22.3 Å². The fourth-order valence-electron chi connectivity index (χ4n) is 2.29. The van der Waals surface area contributed by atoms with Crippen LogP contribution in [0.4, 0.5) is 0 Å². The van der Waals surface area contributed by atoms with Gasteiger partial charge in [-0.05, 0) is 42.0 Å². The first-order valence-corrected chi connectivity index (χ1v) is 6.56. The summed E-state index contributed by atoms with van der Waals surface area (Å²) in [5.41, 5.74) is 5.09. The fourth-order valence-corrected chi connectivity index (χ4v) is 2.29. The Kier molecular flexibility index (Phi) is 4.16. The average Bonchev–Trinajstić information content (AvgIpc) is 2.39. The van der Waals surface area contributed by atoms with E-state index in [0.717, 1.165) is 6.42 Å². The first-order chi connectivity index (χ1) is 8.70. The van der Waals surface area contributed by atoms with Crippen LogP contribution in [-0.2, 0) is 12.8 Å². The van der Waals surface area contributed by atoms with Gasteiger partial charge in [-0.15, -0.1) is 0 Å². The van der Waals surface area contributed by atoms with Crippen LogP contribution in [0.5, 0.6) is 0 Å². The van der Waals surface area contributed by atoms with Crippen molar-refractivity contribution in [2.45, 2.75) is 32.8 Å². The van der Waals surface area contributed by atoms with Crippen LogP contribution in [0.3, 0.4) is 0 Å². The van der Waals surface area contributed by atoms with Crippen molar-refractivity contribution in [2.75, 3.05) is 0 Å². The molecule has 0 saturated carbocycles. The van der Waals surface area contributed by atoms with Crippen LogP contribution in [0.1, 0.15) is 25.0 Å². The summed E-state index contributed by atoms with van der Waals surface area (Å²) in [5, 5.41) is 9.49. The fraction of sp³-hybridized carbons (Fsp3) is 0.294. The van der Waals surface area contributed by atoms with E-state index in [4.69, 9.17) is 0 Å². The molecule has 1 atom stereocenters. The molecule has 2 aromatic rings. The van der Waals surface area contributed by atoms with Crippen molar-refractivity contribution < 1.29 is 5.11 Å². The van der Waals surface area contributed by atoms with E-state index in [1.54, 1.807) is 0 Å². The molecule has 0 radical (unpaired) electrons. The summed E-state index contributed by atoms with van der Waals surface area (Å²) in [6.45, 7) is 4.01. The van der Waals surface area contributed by atoms with Gasteiger partial charge in [0.2, 0.25) is 0 Å². The van der Waals surface area contributed by atoms with Crippen LogP contribution in [0.2, 0.25) is 0 Å². The summed E-state index contributed by atoms with van der Waals surface area (Å²) < 4.78 is 0. The van der Waals surface area contributed by atoms with Gasteiger partial charge in [0.25, 0.3) is 0 Å². The van der Waals surface area contributed by atoms with Gasteiger partial charge in [-0.3, -0.25) is 0 Å². The molecule has 0 spiro atoms. The first kappa shape index (κ1) is 12.8. The summed E-state index contributed by atoms with van der Waals surface area (Å²) in [6.07, 6.45) is 1.45. The minimum atomic E-state index is -0.291. The van der Waals surface area contributed by atoms with Crippen molar-refractivity contribution >= 4 is 0 Å². The van der Waals surface area contributed by atoms with Crippen molar-refractivity contribution in [3.63, 3.8) is 0 Å². The number of benzene rings is 2. The zero-order valence-electron chi connectivity index (χ0n) is 11.1. The Labute approximate surface area is 109 Å². The van der Waals surface area contributed by atoms with E-state index < -0.39 is 0 Å². The molecule has 0 fully saturated rings. The Morgan fingerprint density at radius 2 is 1.78 bits per heavy atom. The highest BCUT2D eigenvalue weighted by atomic mass is 16.3. The number of hydrogen-bond acceptors (Lipinski definition) is 1. The number of hydrogen-bond donors (Lipinski definition) is 1. The van der Waals surface area contributed by atoms with Gasteiger partial charge >= 0.3 is 0 Å². The molecule has 0 saturated heterocycles. The maximum atomic E-state index is 9.49. The Balaban J connectivity index is 2.43. The smallest absolute Gasteiger partial charge is 0.0552 e. The second-order valence-corrected chi connectivity index (χ2v) is 4.76. The molecule has 0 heterocycles. The van der Waals surface area contributed by atoms with Gasteiger partial charge in [-0.25, -0.2) is 0 Å². The van der Waals surface area contributed by atoms with Gasteiger partial charge in [0.05, 0.1) is 6.10 Å². The van der Waals surface area contributed by atoms with Crippen LogP contribution in [0.25, 0.3) is 11.1 Å². The van der Waals surface area contributed by atoms with Gasteiger partial charge in [-0.2, -0.15) is 0 Å². The summed E-state index contributed by atoms with van der Waals surface area (Å²) in [6, 6.07) is 17.0. The van der Waals surface area contributed by atoms with Crippen LogP contribution in [0.15, 0.2) is 48.5 Å². The highest BCUT2D eigenvalue weighted by Crippen LogP contribution is 2.25. The van der Waals surface area contributed by atoms with Gasteiger partial charge in [0.15, 0.2) is 0 Å². The molecule has 0 amide bonds. The molecule has 0 aromatic heterocycles. The lowest BCUT2D eigenvalue weighted by Crippen LogP contribution is -2.04. The maximum Gasteiger partial charge on any atom is 0.0552 e. The molecule has 1 N–H and O–H groups in total. The van der Waals surface area contributed by atoms with Crippen LogP contribution >= 0.6 is 0 Å². The predicted molar refractivity (Wildman–Crippen MR) is 76.6 cm³/mol.